The highest BCUT2D eigenvalue weighted by atomic mass is 19.4. The van der Waals surface area contributed by atoms with E-state index < -0.39 is 11.9 Å². The molecule has 1 aromatic heterocycles. The maximum absolute atomic E-state index is 13.1. The van der Waals surface area contributed by atoms with Crippen LogP contribution < -0.4 is 0 Å². The van der Waals surface area contributed by atoms with Crippen LogP contribution in [0.3, 0.4) is 0 Å². The molecule has 0 bridgehead atoms. The van der Waals surface area contributed by atoms with Gasteiger partial charge in [0.25, 0.3) is 0 Å². The van der Waals surface area contributed by atoms with E-state index >= 15 is 0 Å². The van der Waals surface area contributed by atoms with Crippen molar-refractivity contribution in [2.24, 2.45) is 0 Å². The zero-order valence-electron chi connectivity index (χ0n) is 15.7. The summed E-state index contributed by atoms with van der Waals surface area (Å²) >= 11 is 0. The van der Waals surface area contributed by atoms with Gasteiger partial charge in [-0.1, -0.05) is 24.3 Å². The molecule has 1 aromatic carbocycles. The minimum atomic E-state index is -4.43. The highest BCUT2D eigenvalue weighted by molar-refractivity contribution is 5.57. The minimum absolute atomic E-state index is 0.0976. The number of imidazole rings is 1. The average Bonchev–Trinajstić information content (AvgIpc) is 3.22. The molecule has 3 nitrogen and oxygen atoms in total. The number of aromatic nitrogens is 2. The molecule has 1 aliphatic rings. The number of halogens is 3. The van der Waals surface area contributed by atoms with E-state index in [0.717, 1.165) is 19.2 Å². The molecule has 0 spiro atoms. The van der Waals surface area contributed by atoms with Gasteiger partial charge in [0.1, 0.15) is 5.82 Å². The van der Waals surface area contributed by atoms with Gasteiger partial charge in [-0.15, -0.1) is 0 Å². The molecular weight excluding hydrogens is 339 g/mol. The maximum atomic E-state index is 13.1. The fraction of sp³-hybridized carbons (Fsp3) is 0.550. The smallest absolute Gasteiger partial charge is 0.328 e. The lowest BCUT2D eigenvalue weighted by Gasteiger charge is -2.28. The molecule has 0 aliphatic carbocycles. The van der Waals surface area contributed by atoms with Crippen molar-refractivity contribution in [2.45, 2.75) is 64.8 Å². The van der Waals surface area contributed by atoms with Crippen molar-refractivity contribution in [3.8, 4) is 11.4 Å². The number of hydrogen-bond donors (Lipinski definition) is 0. The third kappa shape index (κ3) is 3.65. The number of likely N-dealkylation sites (tertiary alicyclic amines) is 1. The highest BCUT2D eigenvalue weighted by Gasteiger charge is 2.35. The average molecular weight is 365 g/mol. The second-order valence-electron chi connectivity index (χ2n) is 7.56. The first-order chi connectivity index (χ1) is 12.2. The summed E-state index contributed by atoms with van der Waals surface area (Å²) in [6, 6.07) is 8.64. The highest BCUT2D eigenvalue weighted by Crippen LogP contribution is 2.36. The van der Waals surface area contributed by atoms with Gasteiger partial charge in [0.15, 0.2) is 5.69 Å². The molecule has 1 fully saturated rings. The molecule has 0 saturated carbocycles. The molecule has 0 amide bonds. The summed E-state index contributed by atoms with van der Waals surface area (Å²) in [6.45, 7) is 9.21. The predicted molar refractivity (Wildman–Crippen MR) is 96.9 cm³/mol. The SMILES string of the molecule is CC(C)N1CCCC1c1ccc(-c2nc(C(F)(F)F)cn2C(C)C)cc1. The summed E-state index contributed by atoms with van der Waals surface area (Å²) in [6.07, 6.45) is -1.03. The summed E-state index contributed by atoms with van der Waals surface area (Å²) in [5.41, 5.74) is 1.10. The number of alkyl halides is 3. The molecule has 3 rings (SSSR count). The zero-order valence-corrected chi connectivity index (χ0v) is 15.7. The van der Waals surface area contributed by atoms with E-state index in [1.54, 1.807) is 4.57 Å². The van der Waals surface area contributed by atoms with Crippen LogP contribution in [-0.2, 0) is 6.18 Å². The molecule has 26 heavy (non-hydrogen) atoms. The van der Waals surface area contributed by atoms with Gasteiger partial charge >= 0.3 is 6.18 Å². The molecule has 1 atom stereocenters. The Kier molecular flexibility index (Phi) is 5.15. The maximum Gasteiger partial charge on any atom is 0.434 e. The summed E-state index contributed by atoms with van der Waals surface area (Å²) in [5.74, 6) is 0.367. The van der Waals surface area contributed by atoms with Crippen LogP contribution in [0.4, 0.5) is 13.2 Å². The number of rotatable bonds is 4. The van der Waals surface area contributed by atoms with Gasteiger partial charge in [0.2, 0.25) is 0 Å². The lowest BCUT2D eigenvalue weighted by Crippen LogP contribution is -2.30. The van der Waals surface area contributed by atoms with Crippen LogP contribution in [0.5, 0.6) is 0 Å². The van der Waals surface area contributed by atoms with E-state index in [1.165, 1.54) is 12.0 Å². The molecule has 2 heterocycles. The Balaban J connectivity index is 1.93. The quantitative estimate of drug-likeness (QED) is 0.693. The fourth-order valence-corrected chi connectivity index (χ4v) is 3.76. The van der Waals surface area contributed by atoms with Crippen LogP contribution in [0.1, 0.15) is 63.9 Å². The first-order valence-electron chi connectivity index (χ1n) is 9.20. The molecule has 1 unspecified atom stereocenters. The second-order valence-corrected chi connectivity index (χ2v) is 7.56. The molecule has 0 radical (unpaired) electrons. The van der Waals surface area contributed by atoms with Crippen LogP contribution in [0.2, 0.25) is 0 Å². The number of nitrogens with zero attached hydrogens (tertiary/aromatic N) is 3. The van der Waals surface area contributed by atoms with Crippen molar-refractivity contribution >= 4 is 0 Å². The third-order valence-electron chi connectivity index (χ3n) is 5.09. The largest absolute Gasteiger partial charge is 0.434 e. The lowest BCUT2D eigenvalue weighted by molar-refractivity contribution is -0.140. The molecule has 1 saturated heterocycles. The van der Waals surface area contributed by atoms with Crippen LogP contribution >= 0.6 is 0 Å². The zero-order chi connectivity index (χ0) is 19.1. The van der Waals surface area contributed by atoms with E-state index in [9.17, 15) is 13.2 Å². The van der Waals surface area contributed by atoms with E-state index in [2.05, 4.69) is 23.7 Å². The summed E-state index contributed by atoms with van der Waals surface area (Å²) in [7, 11) is 0. The molecule has 6 heteroatoms. The first kappa shape index (κ1) is 19.0. The predicted octanol–water partition coefficient (Wildman–Crippen LogP) is 5.70. The van der Waals surface area contributed by atoms with E-state index in [-0.39, 0.29) is 6.04 Å². The van der Waals surface area contributed by atoms with Crippen molar-refractivity contribution in [2.75, 3.05) is 6.54 Å². The summed E-state index contributed by atoms with van der Waals surface area (Å²) < 4.78 is 40.8. The third-order valence-corrected chi connectivity index (χ3v) is 5.09. The van der Waals surface area contributed by atoms with Crippen LogP contribution in [0, 0.1) is 0 Å². The number of hydrogen-bond acceptors (Lipinski definition) is 2. The Morgan fingerprint density at radius 2 is 1.69 bits per heavy atom. The molecular formula is C20H26F3N3. The molecule has 2 aromatic rings. The fourth-order valence-electron chi connectivity index (χ4n) is 3.76. The summed E-state index contributed by atoms with van der Waals surface area (Å²) in [5, 5.41) is 0. The molecule has 142 valence electrons. The van der Waals surface area contributed by atoms with Crippen molar-refractivity contribution in [1.29, 1.82) is 0 Å². The van der Waals surface area contributed by atoms with Gasteiger partial charge in [0, 0.05) is 29.9 Å². The van der Waals surface area contributed by atoms with E-state index in [4.69, 9.17) is 0 Å². The Labute approximate surface area is 152 Å². The summed E-state index contributed by atoms with van der Waals surface area (Å²) in [4.78, 5) is 6.35. The van der Waals surface area contributed by atoms with Gasteiger partial charge in [-0.25, -0.2) is 4.98 Å². The van der Waals surface area contributed by atoms with Gasteiger partial charge in [-0.3, -0.25) is 4.90 Å². The Hall–Kier alpha value is -1.82. The topological polar surface area (TPSA) is 21.1 Å². The molecule has 0 N–H and O–H groups in total. The van der Waals surface area contributed by atoms with Gasteiger partial charge in [-0.2, -0.15) is 13.2 Å². The van der Waals surface area contributed by atoms with Gasteiger partial charge in [-0.05, 0) is 52.6 Å². The first-order valence-corrected chi connectivity index (χ1v) is 9.20. The second kappa shape index (κ2) is 7.06. The van der Waals surface area contributed by atoms with Crippen molar-refractivity contribution in [3.05, 3.63) is 41.7 Å². The number of benzene rings is 1. The van der Waals surface area contributed by atoms with E-state index in [1.807, 2.05) is 38.1 Å². The Morgan fingerprint density at radius 1 is 1.04 bits per heavy atom. The lowest BCUT2D eigenvalue weighted by atomic mass is 10.0. The minimum Gasteiger partial charge on any atom is -0.328 e. The van der Waals surface area contributed by atoms with Crippen molar-refractivity contribution in [3.63, 3.8) is 0 Å². The van der Waals surface area contributed by atoms with Gasteiger partial charge < -0.3 is 4.57 Å². The van der Waals surface area contributed by atoms with Gasteiger partial charge in [0.05, 0.1) is 0 Å². The normalized spacial score (nSPS) is 19.0. The molecule has 1 aliphatic heterocycles. The van der Waals surface area contributed by atoms with E-state index in [0.29, 0.717) is 23.5 Å². The monoisotopic (exact) mass is 365 g/mol. The van der Waals surface area contributed by atoms with Crippen LogP contribution in [0.15, 0.2) is 30.5 Å². The Morgan fingerprint density at radius 3 is 2.23 bits per heavy atom. The Bertz CT molecular complexity index is 745. The van der Waals surface area contributed by atoms with Crippen molar-refractivity contribution < 1.29 is 13.2 Å². The van der Waals surface area contributed by atoms with Crippen LogP contribution in [-0.4, -0.2) is 27.0 Å². The van der Waals surface area contributed by atoms with Crippen molar-refractivity contribution in [1.82, 2.24) is 14.5 Å². The standard InChI is InChI=1S/C20H26F3N3/c1-13(2)25-11-5-6-17(25)15-7-9-16(10-8-15)19-24-18(20(21,22)23)12-26(19)14(3)4/h7-10,12-14,17H,5-6,11H2,1-4H3. The van der Waals surface area contributed by atoms with Crippen LogP contribution in [0.25, 0.3) is 11.4 Å².